The van der Waals surface area contributed by atoms with E-state index in [-0.39, 0.29) is 24.3 Å². The molecule has 2 fully saturated rings. The Hall–Kier alpha value is -2.41. The van der Waals surface area contributed by atoms with Crippen LogP contribution < -0.4 is 5.32 Å². The molecule has 0 radical (unpaired) electrons. The minimum Gasteiger partial charge on any atom is -0.467 e. The highest BCUT2D eigenvalue weighted by atomic mass is 16.5. The lowest BCUT2D eigenvalue weighted by molar-refractivity contribution is -0.157. The van der Waals surface area contributed by atoms with Crippen LogP contribution in [0.25, 0.3) is 0 Å². The number of hydrogen-bond acceptors (Lipinski definition) is 5. The van der Waals surface area contributed by atoms with Crippen LogP contribution in [0.5, 0.6) is 0 Å². The van der Waals surface area contributed by atoms with E-state index in [1.807, 2.05) is 18.2 Å². The maximum Gasteiger partial charge on any atom is 0.330 e. The maximum atomic E-state index is 12.9. The smallest absolute Gasteiger partial charge is 0.330 e. The summed E-state index contributed by atoms with van der Waals surface area (Å²) in [6, 6.07) is 8.22. The van der Waals surface area contributed by atoms with E-state index in [9.17, 15) is 14.4 Å². The van der Waals surface area contributed by atoms with Crippen molar-refractivity contribution in [3.8, 4) is 0 Å². The molecule has 1 N–H and O–H groups in total. The molecule has 7 heteroatoms. The molecule has 2 heterocycles. The van der Waals surface area contributed by atoms with Crippen molar-refractivity contribution in [2.45, 2.75) is 18.9 Å². The van der Waals surface area contributed by atoms with Crippen molar-refractivity contribution in [3.05, 3.63) is 35.9 Å². The predicted molar refractivity (Wildman–Crippen MR) is 95.5 cm³/mol. The number of nitrogens with one attached hydrogen (secondary N) is 1. The highest BCUT2D eigenvalue weighted by Crippen LogP contribution is 2.21. The first-order valence-corrected chi connectivity index (χ1v) is 9.05. The Balaban J connectivity index is 1.74. The van der Waals surface area contributed by atoms with Gasteiger partial charge in [0.25, 0.3) is 5.91 Å². The first kappa shape index (κ1) is 18.4. The number of benzene rings is 1. The summed E-state index contributed by atoms with van der Waals surface area (Å²) in [5.41, 5.74) is 0.578. The predicted octanol–water partition coefficient (Wildman–Crippen LogP) is 0.512. The number of ether oxygens (including phenoxy) is 1. The second-order valence-corrected chi connectivity index (χ2v) is 6.71. The van der Waals surface area contributed by atoms with Crippen LogP contribution in [-0.2, 0) is 14.3 Å². The van der Waals surface area contributed by atoms with Gasteiger partial charge in [-0.05, 0) is 38.1 Å². The van der Waals surface area contributed by atoms with E-state index < -0.39 is 12.0 Å². The third-order valence-corrected chi connectivity index (χ3v) is 5.13. The fourth-order valence-electron chi connectivity index (χ4n) is 3.64. The Morgan fingerprint density at radius 1 is 1.08 bits per heavy atom. The first-order chi connectivity index (χ1) is 12.6. The minimum absolute atomic E-state index is 0.00582. The van der Waals surface area contributed by atoms with Gasteiger partial charge in [-0.25, -0.2) is 4.79 Å². The van der Waals surface area contributed by atoms with Gasteiger partial charge in [0.2, 0.25) is 5.91 Å². The Morgan fingerprint density at radius 2 is 1.77 bits per heavy atom. The van der Waals surface area contributed by atoms with Gasteiger partial charge in [-0.2, -0.15) is 0 Å². The number of rotatable bonds is 3. The van der Waals surface area contributed by atoms with Gasteiger partial charge in [0, 0.05) is 24.6 Å². The number of piperazine rings is 1. The van der Waals surface area contributed by atoms with Gasteiger partial charge in [0.05, 0.1) is 13.7 Å². The van der Waals surface area contributed by atoms with Crippen molar-refractivity contribution >= 4 is 17.8 Å². The van der Waals surface area contributed by atoms with E-state index >= 15 is 0 Å². The van der Waals surface area contributed by atoms with E-state index in [1.165, 1.54) is 7.11 Å². The first-order valence-electron chi connectivity index (χ1n) is 9.05. The summed E-state index contributed by atoms with van der Waals surface area (Å²) < 4.78 is 4.91. The SMILES string of the molecule is COC(=O)C1CN(C(=O)c2ccccc2)CCN1C(=O)C1CCNCC1. The monoisotopic (exact) mass is 359 g/mol. The summed E-state index contributed by atoms with van der Waals surface area (Å²) in [4.78, 5) is 41.2. The number of piperidine rings is 1. The van der Waals surface area contributed by atoms with Crippen molar-refractivity contribution < 1.29 is 19.1 Å². The molecule has 140 valence electrons. The highest BCUT2D eigenvalue weighted by Gasteiger charge is 2.40. The van der Waals surface area contributed by atoms with Gasteiger partial charge in [-0.15, -0.1) is 0 Å². The number of esters is 1. The minimum atomic E-state index is -0.746. The highest BCUT2D eigenvalue weighted by molar-refractivity contribution is 5.95. The van der Waals surface area contributed by atoms with Gasteiger partial charge in [0.1, 0.15) is 6.04 Å². The van der Waals surface area contributed by atoms with Gasteiger partial charge in [-0.3, -0.25) is 9.59 Å². The number of methoxy groups -OCH3 is 1. The maximum absolute atomic E-state index is 12.9. The summed E-state index contributed by atoms with van der Waals surface area (Å²) >= 11 is 0. The lowest BCUT2D eigenvalue weighted by atomic mass is 9.95. The molecule has 2 aliphatic rings. The van der Waals surface area contributed by atoms with Crippen LogP contribution in [0, 0.1) is 5.92 Å². The fourth-order valence-corrected chi connectivity index (χ4v) is 3.64. The number of carbonyl (C=O) groups is 3. The van der Waals surface area contributed by atoms with Crippen LogP contribution in [0.15, 0.2) is 30.3 Å². The summed E-state index contributed by atoms with van der Waals surface area (Å²) in [5.74, 6) is -0.681. The molecule has 0 bridgehead atoms. The van der Waals surface area contributed by atoms with E-state index in [1.54, 1.807) is 21.9 Å². The molecule has 2 saturated heterocycles. The Bertz CT molecular complexity index is 658. The summed E-state index contributed by atoms with van der Waals surface area (Å²) in [6.45, 7) is 2.55. The lowest BCUT2D eigenvalue weighted by Gasteiger charge is -2.41. The topological polar surface area (TPSA) is 79.0 Å². The average Bonchev–Trinajstić information content (AvgIpc) is 2.73. The van der Waals surface area contributed by atoms with Crippen molar-refractivity contribution in [2.24, 2.45) is 5.92 Å². The molecule has 26 heavy (non-hydrogen) atoms. The molecule has 3 rings (SSSR count). The van der Waals surface area contributed by atoms with Gasteiger partial charge >= 0.3 is 5.97 Å². The molecule has 7 nitrogen and oxygen atoms in total. The van der Waals surface area contributed by atoms with E-state index in [4.69, 9.17) is 4.74 Å². The number of amides is 2. The van der Waals surface area contributed by atoms with Crippen molar-refractivity contribution in [1.82, 2.24) is 15.1 Å². The van der Waals surface area contributed by atoms with Crippen LogP contribution in [-0.4, -0.2) is 73.5 Å². The molecule has 1 atom stereocenters. The third-order valence-electron chi connectivity index (χ3n) is 5.13. The molecule has 0 saturated carbocycles. The van der Waals surface area contributed by atoms with Crippen LogP contribution in [0.2, 0.25) is 0 Å². The number of carbonyl (C=O) groups excluding carboxylic acids is 3. The van der Waals surface area contributed by atoms with Crippen LogP contribution >= 0.6 is 0 Å². The summed E-state index contributed by atoms with van der Waals surface area (Å²) in [7, 11) is 1.31. The zero-order chi connectivity index (χ0) is 18.5. The second kappa shape index (κ2) is 8.31. The molecule has 2 amide bonds. The van der Waals surface area contributed by atoms with Gasteiger partial charge in [-0.1, -0.05) is 18.2 Å². The summed E-state index contributed by atoms with van der Waals surface area (Å²) in [6.07, 6.45) is 1.55. The van der Waals surface area contributed by atoms with Crippen molar-refractivity contribution in [1.29, 1.82) is 0 Å². The standard InChI is InChI=1S/C19H25N3O4/c1-26-19(25)16-13-21(17(23)14-5-3-2-4-6-14)11-12-22(16)18(24)15-7-9-20-10-8-15/h2-6,15-16,20H,7-13H2,1H3. The molecule has 1 unspecified atom stereocenters. The Morgan fingerprint density at radius 3 is 2.42 bits per heavy atom. The molecular formula is C19H25N3O4. The second-order valence-electron chi connectivity index (χ2n) is 6.71. The molecule has 0 spiro atoms. The van der Waals surface area contributed by atoms with Crippen LogP contribution in [0.1, 0.15) is 23.2 Å². The average molecular weight is 359 g/mol. The Labute approximate surface area is 153 Å². The normalized spacial score (nSPS) is 21.3. The fraction of sp³-hybridized carbons (Fsp3) is 0.526. The molecule has 0 aromatic heterocycles. The molecule has 1 aromatic carbocycles. The quantitative estimate of drug-likeness (QED) is 0.796. The zero-order valence-electron chi connectivity index (χ0n) is 15.0. The van der Waals surface area contributed by atoms with E-state index in [2.05, 4.69) is 5.32 Å². The van der Waals surface area contributed by atoms with E-state index in [0.717, 1.165) is 25.9 Å². The number of nitrogens with zero attached hydrogens (tertiary/aromatic N) is 2. The van der Waals surface area contributed by atoms with Crippen LogP contribution in [0.3, 0.4) is 0 Å². The zero-order valence-corrected chi connectivity index (χ0v) is 15.0. The molecular weight excluding hydrogens is 334 g/mol. The Kier molecular flexibility index (Phi) is 5.88. The third kappa shape index (κ3) is 3.88. The van der Waals surface area contributed by atoms with Crippen molar-refractivity contribution in [2.75, 3.05) is 39.8 Å². The molecule has 0 aliphatic carbocycles. The molecule has 2 aliphatic heterocycles. The number of hydrogen-bond donors (Lipinski definition) is 1. The lowest BCUT2D eigenvalue weighted by Crippen LogP contribution is -2.61. The summed E-state index contributed by atoms with van der Waals surface area (Å²) in [5, 5.41) is 3.24. The van der Waals surface area contributed by atoms with Gasteiger partial charge in [0.15, 0.2) is 0 Å². The largest absolute Gasteiger partial charge is 0.467 e. The van der Waals surface area contributed by atoms with Gasteiger partial charge < -0.3 is 19.9 Å². The molecule has 1 aromatic rings. The van der Waals surface area contributed by atoms with Crippen molar-refractivity contribution in [3.63, 3.8) is 0 Å². The van der Waals surface area contributed by atoms with Crippen LogP contribution in [0.4, 0.5) is 0 Å². The van der Waals surface area contributed by atoms with E-state index in [0.29, 0.717) is 18.7 Å².